The van der Waals surface area contributed by atoms with Gasteiger partial charge in [-0.25, -0.2) is 8.42 Å². The normalized spacial score (nSPS) is 28.3. The van der Waals surface area contributed by atoms with E-state index in [1.54, 1.807) is 16.4 Å². The van der Waals surface area contributed by atoms with Crippen LogP contribution in [0.15, 0.2) is 29.2 Å². The minimum absolute atomic E-state index is 0.342. The lowest BCUT2D eigenvalue weighted by molar-refractivity contribution is 0.339. The van der Waals surface area contributed by atoms with E-state index in [1.807, 2.05) is 19.1 Å². The summed E-state index contributed by atoms with van der Waals surface area (Å²) in [7, 11) is -3.32. The van der Waals surface area contributed by atoms with Crippen molar-refractivity contribution in [3.05, 3.63) is 29.8 Å². The predicted octanol–water partition coefficient (Wildman–Crippen LogP) is 1.37. The van der Waals surface area contributed by atoms with Crippen molar-refractivity contribution in [2.75, 3.05) is 19.6 Å². The number of benzene rings is 1. The van der Waals surface area contributed by atoms with Crippen LogP contribution in [0.2, 0.25) is 0 Å². The highest BCUT2D eigenvalue weighted by atomic mass is 32.2. The van der Waals surface area contributed by atoms with Gasteiger partial charge in [-0.2, -0.15) is 4.31 Å². The first-order valence-electron chi connectivity index (χ1n) is 6.87. The SMILES string of the molecule is Cc1ccc(S(=O)(=O)N2CC3CCCNC3C2)cc1. The lowest BCUT2D eigenvalue weighted by Gasteiger charge is -2.24. The maximum Gasteiger partial charge on any atom is 0.243 e. The van der Waals surface area contributed by atoms with Crippen molar-refractivity contribution in [3.8, 4) is 0 Å². The molecule has 3 rings (SSSR count). The van der Waals surface area contributed by atoms with Crippen LogP contribution < -0.4 is 5.32 Å². The van der Waals surface area contributed by atoms with Gasteiger partial charge in [-0.3, -0.25) is 0 Å². The zero-order chi connectivity index (χ0) is 13.5. The van der Waals surface area contributed by atoms with Gasteiger partial charge in [-0.15, -0.1) is 0 Å². The molecule has 5 heteroatoms. The fourth-order valence-corrected chi connectivity index (χ4v) is 4.59. The van der Waals surface area contributed by atoms with Crippen molar-refractivity contribution >= 4 is 10.0 Å². The first-order valence-corrected chi connectivity index (χ1v) is 8.31. The van der Waals surface area contributed by atoms with Crippen LogP contribution in [0.3, 0.4) is 0 Å². The van der Waals surface area contributed by atoms with Crippen molar-refractivity contribution in [2.24, 2.45) is 5.92 Å². The van der Waals surface area contributed by atoms with Crippen molar-refractivity contribution in [3.63, 3.8) is 0 Å². The van der Waals surface area contributed by atoms with E-state index in [2.05, 4.69) is 5.32 Å². The highest BCUT2D eigenvalue weighted by Gasteiger charge is 2.39. The minimum atomic E-state index is -3.32. The number of nitrogens with zero attached hydrogens (tertiary/aromatic N) is 1. The summed E-state index contributed by atoms with van der Waals surface area (Å²) < 4.78 is 26.8. The van der Waals surface area contributed by atoms with Crippen molar-refractivity contribution in [2.45, 2.75) is 30.7 Å². The number of hydrogen-bond donors (Lipinski definition) is 1. The van der Waals surface area contributed by atoms with Crippen LogP contribution in [0.4, 0.5) is 0 Å². The van der Waals surface area contributed by atoms with E-state index in [4.69, 9.17) is 0 Å². The molecule has 2 saturated heterocycles. The Labute approximate surface area is 114 Å². The third-order valence-electron chi connectivity index (χ3n) is 4.22. The van der Waals surface area contributed by atoms with E-state index >= 15 is 0 Å². The molecule has 19 heavy (non-hydrogen) atoms. The molecule has 1 aromatic carbocycles. The van der Waals surface area contributed by atoms with Crippen LogP contribution in [0.5, 0.6) is 0 Å². The average Bonchev–Trinajstić information content (AvgIpc) is 2.83. The van der Waals surface area contributed by atoms with Gasteiger partial charge in [0.2, 0.25) is 10.0 Å². The molecule has 2 aliphatic rings. The average molecular weight is 280 g/mol. The Balaban J connectivity index is 1.83. The summed E-state index contributed by atoms with van der Waals surface area (Å²) in [6.45, 7) is 4.25. The molecule has 1 N–H and O–H groups in total. The number of fused-ring (bicyclic) bond motifs is 1. The highest BCUT2D eigenvalue weighted by Crippen LogP contribution is 2.29. The predicted molar refractivity (Wildman–Crippen MR) is 74.5 cm³/mol. The summed E-state index contributed by atoms with van der Waals surface area (Å²) in [5.41, 5.74) is 1.08. The number of aryl methyl sites for hydroxylation is 1. The molecule has 0 saturated carbocycles. The third-order valence-corrected chi connectivity index (χ3v) is 6.07. The van der Waals surface area contributed by atoms with Crippen LogP contribution in [-0.2, 0) is 10.0 Å². The second-order valence-corrected chi connectivity index (χ2v) is 7.54. The first kappa shape index (κ1) is 13.1. The molecule has 0 radical (unpaired) electrons. The molecule has 2 heterocycles. The number of nitrogens with one attached hydrogen (secondary N) is 1. The molecule has 0 amide bonds. The second kappa shape index (κ2) is 4.89. The molecular formula is C14H20N2O2S. The van der Waals surface area contributed by atoms with Gasteiger partial charge in [0.15, 0.2) is 0 Å². The van der Waals surface area contributed by atoms with E-state index in [1.165, 1.54) is 0 Å². The molecule has 0 bridgehead atoms. The smallest absolute Gasteiger partial charge is 0.243 e. The monoisotopic (exact) mass is 280 g/mol. The van der Waals surface area contributed by atoms with Crippen molar-refractivity contribution in [1.29, 1.82) is 0 Å². The maximum atomic E-state index is 12.6. The summed E-state index contributed by atoms with van der Waals surface area (Å²) in [6.07, 6.45) is 2.29. The van der Waals surface area contributed by atoms with Crippen molar-refractivity contribution < 1.29 is 8.42 Å². The first-order chi connectivity index (χ1) is 9.07. The van der Waals surface area contributed by atoms with E-state index in [-0.39, 0.29) is 0 Å². The Morgan fingerprint density at radius 1 is 1.21 bits per heavy atom. The van der Waals surface area contributed by atoms with Gasteiger partial charge >= 0.3 is 0 Å². The summed E-state index contributed by atoms with van der Waals surface area (Å²) in [4.78, 5) is 0.414. The van der Waals surface area contributed by atoms with Crippen LogP contribution in [-0.4, -0.2) is 38.4 Å². The Kier molecular flexibility index (Phi) is 3.37. The molecule has 4 nitrogen and oxygen atoms in total. The van der Waals surface area contributed by atoms with Gasteiger partial charge < -0.3 is 5.32 Å². The molecule has 0 spiro atoms. The van der Waals surface area contributed by atoms with E-state index in [0.717, 1.165) is 24.9 Å². The largest absolute Gasteiger partial charge is 0.312 e. The summed E-state index contributed by atoms with van der Waals surface area (Å²) in [5.74, 6) is 0.481. The highest BCUT2D eigenvalue weighted by molar-refractivity contribution is 7.89. The summed E-state index contributed by atoms with van der Waals surface area (Å²) in [5, 5.41) is 3.44. The Hall–Kier alpha value is -0.910. The third kappa shape index (κ3) is 2.42. The Morgan fingerprint density at radius 3 is 2.63 bits per heavy atom. The minimum Gasteiger partial charge on any atom is -0.312 e. The lowest BCUT2D eigenvalue weighted by atomic mass is 9.94. The number of piperidine rings is 1. The summed E-state index contributed by atoms with van der Waals surface area (Å²) >= 11 is 0. The van der Waals surface area contributed by atoms with Crippen LogP contribution >= 0.6 is 0 Å². The van der Waals surface area contributed by atoms with E-state index < -0.39 is 10.0 Å². The van der Waals surface area contributed by atoms with Gasteiger partial charge in [-0.1, -0.05) is 17.7 Å². The summed E-state index contributed by atoms with van der Waals surface area (Å²) in [6, 6.07) is 7.47. The standard InChI is InChI=1S/C14H20N2O2S/c1-11-4-6-13(7-5-11)19(17,18)16-9-12-3-2-8-15-14(12)10-16/h4-7,12,14-15H,2-3,8-10H2,1H3. The Morgan fingerprint density at radius 2 is 1.95 bits per heavy atom. The molecule has 2 atom stereocenters. The molecule has 0 aromatic heterocycles. The molecule has 2 aliphatic heterocycles. The quantitative estimate of drug-likeness (QED) is 0.890. The van der Waals surface area contributed by atoms with Crippen molar-refractivity contribution in [1.82, 2.24) is 9.62 Å². The van der Waals surface area contributed by atoms with Gasteiger partial charge in [-0.05, 0) is 44.4 Å². The fourth-order valence-electron chi connectivity index (χ4n) is 3.06. The number of hydrogen-bond acceptors (Lipinski definition) is 3. The molecular weight excluding hydrogens is 260 g/mol. The van der Waals surface area contributed by atoms with Gasteiger partial charge in [0.1, 0.15) is 0 Å². The van der Waals surface area contributed by atoms with Crippen LogP contribution in [0, 0.1) is 12.8 Å². The van der Waals surface area contributed by atoms with E-state index in [9.17, 15) is 8.42 Å². The number of sulfonamides is 1. The second-order valence-electron chi connectivity index (χ2n) is 5.60. The molecule has 0 aliphatic carbocycles. The fraction of sp³-hybridized carbons (Fsp3) is 0.571. The lowest BCUT2D eigenvalue weighted by Crippen LogP contribution is -2.41. The molecule has 2 fully saturated rings. The zero-order valence-electron chi connectivity index (χ0n) is 11.2. The topological polar surface area (TPSA) is 49.4 Å². The molecule has 2 unspecified atom stereocenters. The van der Waals surface area contributed by atoms with E-state index in [0.29, 0.717) is 29.9 Å². The van der Waals surface area contributed by atoms with Gasteiger partial charge in [0, 0.05) is 19.1 Å². The van der Waals surface area contributed by atoms with Crippen LogP contribution in [0.25, 0.3) is 0 Å². The van der Waals surface area contributed by atoms with Gasteiger partial charge in [0.05, 0.1) is 4.90 Å². The van der Waals surface area contributed by atoms with Crippen LogP contribution in [0.1, 0.15) is 18.4 Å². The zero-order valence-corrected chi connectivity index (χ0v) is 12.0. The molecule has 104 valence electrons. The number of rotatable bonds is 2. The van der Waals surface area contributed by atoms with Gasteiger partial charge in [0.25, 0.3) is 0 Å². The molecule has 1 aromatic rings. The Bertz CT molecular complexity index is 539. The maximum absolute atomic E-state index is 12.6.